The van der Waals surface area contributed by atoms with E-state index in [0.717, 1.165) is 0 Å². The summed E-state index contributed by atoms with van der Waals surface area (Å²) in [4.78, 5) is 28.8. The molecule has 0 aromatic heterocycles. The third kappa shape index (κ3) is 5.11. The van der Waals surface area contributed by atoms with Gasteiger partial charge in [0, 0.05) is 46.3 Å². The fraction of sp³-hybridized carbons (Fsp3) is 0.579. The molecule has 2 rings (SSSR count). The molecule has 1 aliphatic rings. The summed E-state index contributed by atoms with van der Waals surface area (Å²) in [6.07, 6.45) is 0.162. The Kier molecular flexibility index (Phi) is 7.87. The minimum absolute atomic E-state index is 0.0678. The summed E-state index contributed by atoms with van der Waals surface area (Å²) in [5.41, 5.74) is 0.609. The molecule has 1 aliphatic heterocycles. The van der Waals surface area contributed by atoms with Gasteiger partial charge in [-0.25, -0.2) is 0 Å². The van der Waals surface area contributed by atoms with Gasteiger partial charge in [0.05, 0.1) is 39.0 Å². The molecule has 0 bridgehead atoms. The van der Waals surface area contributed by atoms with Crippen LogP contribution in [0.3, 0.4) is 0 Å². The van der Waals surface area contributed by atoms with Crippen LogP contribution in [0.1, 0.15) is 6.42 Å². The van der Waals surface area contributed by atoms with Crippen LogP contribution >= 0.6 is 0 Å². The highest BCUT2D eigenvalue weighted by atomic mass is 16.5. The predicted molar refractivity (Wildman–Crippen MR) is 100 cm³/mol. The average molecular weight is 380 g/mol. The summed E-state index contributed by atoms with van der Waals surface area (Å²) in [5, 5.41) is 0. The van der Waals surface area contributed by atoms with Gasteiger partial charge in [0.15, 0.2) is 0 Å². The summed E-state index contributed by atoms with van der Waals surface area (Å²) in [6.45, 7) is 2.10. The maximum atomic E-state index is 12.9. The molecule has 0 saturated carbocycles. The maximum absolute atomic E-state index is 12.9. The molecule has 150 valence electrons. The lowest BCUT2D eigenvalue weighted by Gasteiger charge is -2.25. The number of benzene rings is 1. The van der Waals surface area contributed by atoms with Gasteiger partial charge in [-0.1, -0.05) is 0 Å². The topological polar surface area (TPSA) is 77.5 Å². The number of anilines is 1. The second-order valence-electron chi connectivity index (χ2n) is 6.25. The summed E-state index contributed by atoms with van der Waals surface area (Å²) in [7, 11) is 6.29. The van der Waals surface area contributed by atoms with Gasteiger partial charge in [0.1, 0.15) is 11.5 Å². The van der Waals surface area contributed by atoms with Crippen molar-refractivity contribution in [2.24, 2.45) is 5.92 Å². The number of amides is 2. The summed E-state index contributed by atoms with van der Waals surface area (Å²) in [5.74, 6) is 0.588. The highest BCUT2D eigenvalue weighted by Crippen LogP contribution is 2.36. The zero-order chi connectivity index (χ0) is 19.8. The molecule has 1 aromatic rings. The molecule has 1 saturated heterocycles. The molecule has 0 unspecified atom stereocenters. The van der Waals surface area contributed by atoms with E-state index in [4.69, 9.17) is 18.9 Å². The Morgan fingerprint density at radius 1 is 1.11 bits per heavy atom. The molecule has 2 amide bonds. The molecule has 8 nitrogen and oxygen atoms in total. The number of hydrogen-bond acceptors (Lipinski definition) is 6. The van der Waals surface area contributed by atoms with Crippen molar-refractivity contribution in [2.45, 2.75) is 6.42 Å². The van der Waals surface area contributed by atoms with Crippen molar-refractivity contribution in [1.82, 2.24) is 4.90 Å². The van der Waals surface area contributed by atoms with E-state index in [1.807, 2.05) is 0 Å². The first-order valence-corrected chi connectivity index (χ1v) is 8.84. The van der Waals surface area contributed by atoms with Crippen molar-refractivity contribution < 1.29 is 28.5 Å². The van der Waals surface area contributed by atoms with Crippen LogP contribution in [0.4, 0.5) is 5.69 Å². The third-order valence-corrected chi connectivity index (χ3v) is 4.59. The van der Waals surface area contributed by atoms with Crippen molar-refractivity contribution in [1.29, 1.82) is 0 Å². The zero-order valence-corrected chi connectivity index (χ0v) is 16.4. The van der Waals surface area contributed by atoms with Crippen LogP contribution in [0.25, 0.3) is 0 Å². The first-order chi connectivity index (χ1) is 13.0. The van der Waals surface area contributed by atoms with Gasteiger partial charge in [0.2, 0.25) is 11.8 Å². The van der Waals surface area contributed by atoms with Gasteiger partial charge in [0.25, 0.3) is 0 Å². The lowest BCUT2D eigenvalue weighted by molar-refractivity contribution is -0.137. The minimum atomic E-state index is -0.415. The van der Waals surface area contributed by atoms with E-state index in [1.165, 1.54) is 0 Å². The fourth-order valence-corrected chi connectivity index (χ4v) is 3.11. The predicted octanol–water partition coefficient (Wildman–Crippen LogP) is 1.18. The van der Waals surface area contributed by atoms with Gasteiger partial charge in [-0.15, -0.1) is 0 Å². The average Bonchev–Trinajstić information content (AvgIpc) is 3.08. The number of hydrogen-bond donors (Lipinski definition) is 0. The number of carbonyl (C=O) groups is 2. The number of carbonyl (C=O) groups excluding carboxylic acids is 2. The Morgan fingerprint density at radius 3 is 2.33 bits per heavy atom. The number of methoxy groups -OCH3 is 4. The molecular formula is C19H28N2O6. The molecule has 1 aromatic carbocycles. The summed E-state index contributed by atoms with van der Waals surface area (Å²) >= 11 is 0. The van der Waals surface area contributed by atoms with Crippen molar-refractivity contribution in [3.8, 4) is 11.5 Å². The normalized spacial score (nSPS) is 16.5. The third-order valence-electron chi connectivity index (χ3n) is 4.59. The van der Waals surface area contributed by atoms with Crippen molar-refractivity contribution >= 4 is 17.5 Å². The molecule has 0 N–H and O–H groups in total. The molecule has 0 aliphatic carbocycles. The minimum Gasteiger partial charge on any atom is -0.497 e. The van der Waals surface area contributed by atoms with Crippen molar-refractivity contribution in [3.05, 3.63) is 18.2 Å². The smallest absolute Gasteiger partial charge is 0.228 e. The lowest BCUT2D eigenvalue weighted by Crippen LogP contribution is -2.41. The first kappa shape index (κ1) is 21.0. The van der Waals surface area contributed by atoms with Gasteiger partial charge < -0.3 is 28.7 Å². The lowest BCUT2D eigenvalue weighted by atomic mass is 10.1. The van der Waals surface area contributed by atoms with E-state index < -0.39 is 5.92 Å². The zero-order valence-electron chi connectivity index (χ0n) is 16.4. The molecule has 1 heterocycles. The summed E-state index contributed by atoms with van der Waals surface area (Å²) < 4.78 is 20.8. The SMILES string of the molecule is COCCN(CCOC)C(=O)[C@@H]1CC(=O)N(c2cc(OC)ccc2OC)C1. The molecule has 1 atom stereocenters. The Balaban J connectivity index is 2.17. The Labute approximate surface area is 159 Å². The van der Waals surface area contributed by atoms with E-state index in [1.54, 1.807) is 56.4 Å². The number of ether oxygens (including phenoxy) is 4. The van der Waals surface area contributed by atoms with Crippen molar-refractivity contribution in [3.63, 3.8) is 0 Å². The van der Waals surface area contributed by atoms with Gasteiger partial charge in [-0.3, -0.25) is 9.59 Å². The Morgan fingerprint density at radius 2 is 1.78 bits per heavy atom. The highest BCUT2D eigenvalue weighted by Gasteiger charge is 2.38. The standard InChI is InChI=1S/C19H28N2O6/c1-24-9-7-20(8-10-25-2)19(23)14-11-18(22)21(13-14)16-12-15(26-3)5-6-17(16)27-4/h5-6,12,14H,7-11,13H2,1-4H3/t14-/m1/s1. The molecule has 0 spiro atoms. The van der Waals surface area contributed by atoms with Crippen LogP contribution in [0, 0.1) is 5.92 Å². The molecule has 1 fully saturated rings. The quantitative estimate of drug-likeness (QED) is 0.607. The monoisotopic (exact) mass is 380 g/mol. The molecular weight excluding hydrogens is 352 g/mol. The molecule has 27 heavy (non-hydrogen) atoms. The number of nitrogens with zero attached hydrogens (tertiary/aromatic N) is 2. The van der Waals surface area contributed by atoms with Crippen LogP contribution in [0.2, 0.25) is 0 Å². The number of rotatable bonds is 10. The van der Waals surface area contributed by atoms with Gasteiger partial charge in [-0.2, -0.15) is 0 Å². The van der Waals surface area contributed by atoms with Crippen LogP contribution in [-0.4, -0.2) is 78.0 Å². The summed E-state index contributed by atoms with van der Waals surface area (Å²) in [6, 6.07) is 5.26. The van der Waals surface area contributed by atoms with Crippen molar-refractivity contribution in [2.75, 3.05) is 66.2 Å². The van der Waals surface area contributed by atoms with E-state index in [2.05, 4.69) is 0 Å². The van der Waals surface area contributed by atoms with Crippen LogP contribution in [0.15, 0.2) is 18.2 Å². The van der Waals surface area contributed by atoms with E-state index in [9.17, 15) is 9.59 Å². The van der Waals surface area contributed by atoms with Crippen LogP contribution in [-0.2, 0) is 19.1 Å². The van der Waals surface area contributed by atoms with Crippen LogP contribution < -0.4 is 14.4 Å². The second-order valence-corrected chi connectivity index (χ2v) is 6.25. The highest BCUT2D eigenvalue weighted by molar-refractivity contribution is 6.01. The van der Waals surface area contributed by atoms with Gasteiger partial charge >= 0.3 is 0 Å². The van der Waals surface area contributed by atoms with Crippen LogP contribution in [0.5, 0.6) is 11.5 Å². The largest absolute Gasteiger partial charge is 0.497 e. The molecule has 0 radical (unpaired) electrons. The fourth-order valence-electron chi connectivity index (χ4n) is 3.11. The first-order valence-electron chi connectivity index (χ1n) is 8.84. The van der Waals surface area contributed by atoms with E-state index in [-0.39, 0.29) is 18.2 Å². The second kappa shape index (κ2) is 10.1. The molecule has 8 heteroatoms. The Bertz CT molecular complexity index is 643. The maximum Gasteiger partial charge on any atom is 0.228 e. The Hall–Kier alpha value is -2.32. The van der Waals surface area contributed by atoms with Gasteiger partial charge in [-0.05, 0) is 12.1 Å². The van der Waals surface area contributed by atoms with E-state index in [0.29, 0.717) is 50.0 Å². The van der Waals surface area contributed by atoms with E-state index >= 15 is 0 Å².